The molecule has 0 atom stereocenters. The summed E-state index contributed by atoms with van der Waals surface area (Å²) in [6, 6.07) is 1.61. The van der Waals surface area contributed by atoms with Crippen molar-refractivity contribution in [2.24, 2.45) is 0 Å². The molecular weight excluding hydrogens is 261 g/mol. The maximum absolute atomic E-state index is 12.7. The summed E-state index contributed by atoms with van der Waals surface area (Å²) in [6.07, 6.45) is -4.76. The van der Waals surface area contributed by atoms with Crippen molar-refractivity contribution in [1.29, 1.82) is 0 Å². The maximum atomic E-state index is 12.7. The van der Waals surface area contributed by atoms with Gasteiger partial charge in [0.25, 0.3) is 5.24 Å². The van der Waals surface area contributed by atoms with Crippen LogP contribution in [-0.4, -0.2) is 18.6 Å². The molecule has 0 fully saturated rings. The van der Waals surface area contributed by atoms with Gasteiger partial charge in [-0.15, -0.1) is 0 Å². The minimum Gasteiger partial charge on any atom is -0.496 e. The van der Waals surface area contributed by atoms with E-state index in [9.17, 15) is 22.8 Å². The zero-order valence-corrected chi connectivity index (χ0v) is 9.22. The minimum absolute atomic E-state index is 0.00529. The molecule has 0 aromatic heterocycles. The summed E-state index contributed by atoms with van der Waals surface area (Å²) in [5.41, 5.74) is -2.16. The summed E-state index contributed by atoms with van der Waals surface area (Å²) in [7, 11) is 1.00. The van der Waals surface area contributed by atoms with Gasteiger partial charge in [-0.05, 0) is 23.7 Å². The van der Waals surface area contributed by atoms with Crippen LogP contribution >= 0.6 is 11.6 Å². The number of hydrogen-bond donors (Lipinski definition) is 0. The Kier molecular flexibility index (Phi) is 3.77. The number of benzene rings is 1. The Hall–Kier alpha value is -1.56. The molecule has 0 spiro atoms. The summed E-state index contributed by atoms with van der Waals surface area (Å²) >= 11 is 5.14. The number of hydrogen-bond acceptors (Lipinski definition) is 3. The molecule has 0 radical (unpaired) electrons. The van der Waals surface area contributed by atoms with E-state index in [2.05, 4.69) is 4.74 Å². The Balaban J connectivity index is 3.59. The molecule has 0 unspecified atom stereocenters. The molecule has 1 aromatic carbocycles. The summed E-state index contributed by atoms with van der Waals surface area (Å²) in [6.45, 7) is 0. The smallest absolute Gasteiger partial charge is 0.420 e. The lowest BCUT2D eigenvalue weighted by atomic mass is 10.0. The number of methoxy groups -OCH3 is 1. The zero-order valence-electron chi connectivity index (χ0n) is 8.47. The number of aldehydes is 1. The van der Waals surface area contributed by atoms with Gasteiger partial charge in [0.2, 0.25) is 0 Å². The summed E-state index contributed by atoms with van der Waals surface area (Å²) in [5.74, 6) is -0.619. The van der Waals surface area contributed by atoms with Crippen LogP contribution in [0.25, 0.3) is 0 Å². The third-order valence-corrected chi connectivity index (χ3v) is 2.21. The molecule has 7 heteroatoms. The van der Waals surface area contributed by atoms with E-state index in [1.807, 2.05) is 0 Å². The highest BCUT2D eigenvalue weighted by atomic mass is 35.5. The first-order valence-corrected chi connectivity index (χ1v) is 4.63. The molecule has 92 valence electrons. The summed E-state index contributed by atoms with van der Waals surface area (Å²) in [4.78, 5) is 21.5. The minimum atomic E-state index is -4.75. The predicted octanol–water partition coefficient (Wildman–Crippen LogP) is 2.91. The quantitative estimate of drug-likeness (QED) is 0.624. The van der Waals surface area contributed by atoms with E-state index in [-0.39, 0.29) is 11.8 Å². The van der Waals surface area contributed by atoms with E-state index < -0.39 is 28.3 Å². The van der Waals surface area contributed by atoms with Gasteiger partial charge in [0.05, 0.1) is 7.11 Å². The monoisotopic (exact) mass is 266 g/mol. The van der Waals surface area contributed by atoms with Crippen LogP contribution in [0.3, 0.4) is 0 Å². The summed E-state index contributed by atoms with van der Waals surface area (Å²) < 4.78 is 42.5. The van der Waals surface area contributed by atoms with Crippen LogP contribution in [0.1, 0.15) is 26.3 Å². The molecule has 0 bridgehead atoms. The number of ether oxygens (including phenoxy) is 1. The Morgan fingerprint density at radius 2 is 2.00 bits per heavy atom. The lowest BCUT2D eigenvalue weighted by Gasteiger charge is -2.14. The van der Waals surface area contributed by atoms with E-state index in [4.69, 9.17) is 11.6 Å². The zero-order chi connectivity index (χ0) is 13.2. The normalized spacial score (nSPS) is 11.1. The van der Waals surface area contributed by atoms with Crippen molar-refractivity contribution >= 4 is 23.1 Å². The van der Waals surface area contributed by atoms with Crippen LogP contribution in [0.2, 0.25) is 0 Å². The van der Waals surface area contributed by atoms with Crippen molar-refractivity contribution in [3.8, 4) is 5.75 Å². The van der Waals surface area contributed by atoms with Gasteiger partial charge in [-0.2, -0.15) is 13.2 Å². The molecule has 0 saturated heterocycles. The van der Waals surface area contributed by atoms with Gasteiger partial charge >= 0.3 is 6.18 Å². The highest BCUT2D eigenvalue weighted by molar-refractivity contribution is 6.67. The Morgan fingerprint density at radius 1 is 1.41 bits per heavy atom. The third-order valence-electron chi connectivity index (χ3n) is 1.99. The first kappa shape index (κ1) is 13.5. The van der Waals surface area contributed by atoms with Crippen LogP contribution < -0.4 is 4.74 Å². The molecular formula is C10H6ClF3O3. The van der Waals surface area contributed by atoms with Gasteiger partial charge in [-0.1, -0.05) is 0 Å². The van der Waals surface area contributed by atoms with Gasteiger partial charge < -0.3 is 4.74 Å². The lowest BCUT2D eigenvalue weighted by molar-refractivity contribution is -0.139. The first-order chi connectivity index (χ1) is 7.81. The predicted molar refractivity (Wildman–Crippen MR) is 53.6 cm³/mol. The van der Waals surface area contributed by atoms with Crippen molar-refractivity contribution in [1.82, 2.24) is 0 Å². The average Bonchev–Trinajstić information content (AvgIpc) is 2.25. The second kappa shape index (κ2) is 4.75. The lowest BCUT2D eigenvalue weighted by Crippen LogP contribution is -2.12. The van der Waals surface area contributed by atoms with Gasteiger partial charge in [0.15, 0.2) is 6.29 Å². The second-order valence-electron chi connectivity index (χ2n) is 3.03. The molecule has 0 heterocycles. The number of alkyl halides is 3. The molecule has 3 nitrogen and oxygen atoms in total. The van der Waals surface area contributed by atoms with Gasteiger partial charge in [0, 0.05) is 11.1 Å². The number of halogens is 4. The number of carbonyl (C=O) groups excluding carboxylic acids is 2. The molecule has 0 N–H and O–H groups in total. The molecule has 0 aliphatic carbocycles. The van der Waals surface area contributed by atoms with Crippen molar-refractivity contribution < 1.29 is 27.5 Å². The van der Waals surface area contributed by atoms with Crippen LogP contribution in [0.5, 0.6) is 5.75 Å². The topological polar surface area (TPSA) is 43.4 Å². The number of rotatable bonds is 3. The molecule has 0 aliphatic rings. The molecule has 0 saturated carbocycles. The first-order valence-electron chi connectivity index (χ1n) is 4.25. The van der Waals surface area contributed by atoms with Gasteiger partial charge in [-0.25, -0.2) is 0 Å². The fourth-order valence-electron chi connectivity index (χ4n) is 1.31. The molecule has 0 amide bonds. The van der Waals surface area contributed by atoms with Crippen LogP contribution in [0.15, 0.2) is 12.1 Å². The summed E-state index contributed by atoms with van der Waals surface area (Å²) in [5, 5.41) is -0.972. The highest BCUT2D eigenvalue weighted by Gasteiger charge is 2.37. The highest BCUT2D eigenvalue weighted by Crippen LogP contribution is 2.39. The Bertz CT molecular complexity index is 469. The third kappa shape index (κ3) is 2.76. The molecule has 0 aliphatic heterocycles. The van der Waals surface area contributed by atoms with E-state index in [0.29, 0.717) is 0 Å². The van der Waals surface area contributed by atoms with E-state index >= 15 is 0 Å². The fourth-order valence-corrected chi connectivity index (χ4v) is 1.42. The molecule has 1 aromatic rings. The Labute approximate surface area is 99.1 Å². The van der Waals surface area contributed by atoms with Crippen molar-refractivity contribution in [2.75, 3.05) is 7.11 Å². The standard InChI is InChI=1S/C10H6ClF3O3/c1-17-7-3-5(9(11)16)2-6(4-15)8(7)10(12,13)14/h2-4H,1H3. The van der Waals surface area contributed by atoms with Crippen molar-refractivity contribution in [3.63, 3.8) is 0 Å². The second-order valence-corrected chi connectivity index (χ2v) is 3.38. The van der Waals surface area contributed by atoms with Crippen LogP contribution in [0, 0.1) is 0 Å². The van der Waals surface area contributed by atoms with E-state index in [1.165, 1.54) is 0 Å². The van der Waals surface area contributed by atoms with Gasteiger partial charge in [0.1, 0.15) is 11.3 Å². The van der Waals surface area contributed by atoms with Crippen LogP contribution in [-0.2, 0) is 6.18 Å². The van der Waals surface area contributed by atoms with Crippen molar-refractivity contribution in [2.45, 2.75) is 6.18 Å². The fraction of sp³-hybridized carbons (Fsp3) is 0.200. The maximum Gasteiger partial charge on any atom is 0.420 e. The van der Waals surface area contributed by atoms with Crippen molar-refractivity contribution in [3.05, 3.63) is 28.8 Å². The van der Waals surface area contributed by atoms with Gasteiger partial charge in [-0.3, -0.25) is 9.59 Å². The SMILES string of the molecule is COc1cc(C(=O)Cl)cc(C=O)c1C(F)(F)F. The molecule has 1 rings (SSSR count). The average molecular weight is 267 g/mol. The molecule has 17 heavy (non-hydrogen) atoms. The van der Waals surface area contributed by atoms with Crippen LogP contribution in [0.4, 0.5) is 13.2 Å². The number of carbonyl (C=O) groups is 2. The Morgan fingerprint density at radius 3 is 2.35 bits per heavy atom. The van der Waals surface area contributed by atoms with E-state index in [0.717, 1.165) is 19.2 Å². The largest absolute Gasteiger partial charge is 0.496 e. The van der Waals surface area contributed by atoms with E-state index in [1.54, 1.807) is 0 Å².